The van der Waals surface area contributed by atoms with Gasteiger partial charge in [0, 0.05) is 31.8 Å². The monoisotopic (exact) mass is 320 g/mol. The number of hydrogen-bond donors (Lipinski definition) is 3. The highest BCUT2D eigenvalue weighted by atomic mass is 16.2. The molecule has 0 radical (unpaired) electrons. The quantitative estimate of drug-likeness (QED) is 0.741. The van der Waals surface area contributed by atoms with Crippen molar-refractivity contribution in [2.24, 2.45) is 0 Å². The number of nitrogens with zero attached hydrogens (tertiary/aromatic N) is 3. The van der Waals surface area contributed by atoms with Gasteiger partial charge in [0.1, 0.15) is 5.82 Å². The zero-order valence-corrected chi connectivity index (χ0v) is 13.5. The second-order valence-electron chi connectivity index (χ2n) is 6.35. The molecule has 0 bridgehead atoms. The van der Waals surface area contributed by atoms with E-state index >= 15 is 0 Å². The summed E-state index contributed by atoms with van der Waals surface area (Å²) < 4.78 is 0. The molecular formula is C15H24N6O2. The first-order valence-electron chi connectivity index (χ1n) is 8.32. The summed E-state index contributed by atoms with van der Waals surface area (Å²) in [6, 6.07) is -0.453. The number of H-pyrrole nitrogens is 1. The van der Waals surface area contributed by atoms with Crippen LogP contribution in [0.1, 0.15) is 55.6 Å². The number of aromatic amines is 1. The molecule has 0 aromatic carbocycles. The Morgan fingerprint density at radius 3 is 2.61 bits per heavy atom. The van der Waals surface area contributed by atoms with Crippen molar-refractivity contribution in [3.63, 3.8) is 0 Å². The number of imide groups is 1. The molecule has 1 saturated carbocycles. The van der Waals surface area contributed by atoms with E-state index in [1.54, 1.807) is 0 Å². The third-order valence-electron chi connectivity index (χ3n) is 4.57. The summed E-state index contributed by atoms with van der Waals surface area (Å²) in [5.74, 6) is 2.78. The summed E-state index contributed by atoms with van der Waals surface area (Å²) in [6.45, 7) is 2.56. The second-order valence-corrected chi connectivity index (χ2v) is 6.35. The van der Waals surface area contributed by atoms with Gasteiger partial charge in [-0.05, 0) is 38.8 Å². The number of likely N-dealkylation sites (tertiary alicyclic amines) is 1. The van der Waals surface area contributed by atoms with Crippen molar-refractivity contribution >= 4 is 11.9 Å². The molecule has 1 saturated heterocycles. The van der Waals surface area contributed by atoms with Crippen LogP contribution in [-0.2, 0) is 4.79 Å². The molecule has 0 unspecified atom stereocenters. The zero-order chi connectivity index (χ0) is 16.2. The summed E-state index contributed by atoms with van der Waals surface area (Å²) in [4.78, 5) is 29.6. The van der Waals surface area contributed by atoms with Crippen LogP contribution in [0.2, 0.25) is 0 Å². The predicted octanol–water partition coefficient (Wildman–Crippen LogP) is 0.707. The minimum atomic E-state index is -0.453. The molecule has 1 aliphatic heterocycles. The number of carbonyl (C=O) groups is 2. The minimum Gasteiger partial charge on any atom is -0.341 e. The van der Waals surface area contributed by atoms with E-state index in [0.29, 0.717) is 24.8 Å². The fraction of sp³-hybridized carbons (Fsp3) is 0.733. The van der Waals surface area contributed by atoms with E-state index in [-0.39, 0.29) is 5.91 Å². The van der Waals surface area contributed by atoms with E-state index in [1.165, 1.54) is 19.9 Å². The number of piperidine rings is 1. The number of amides is 3. The summed E-state index contributed by atoms with van der Waals surface area (Å²) in [5, 5.41) is 12.1. The van der Waals surface area contributed by atoms with E-state index in [1.807, 2.05) is 0 Å². The average Bonchev–Trinajstić information content (AvgIpc) is 3.30. The van der Waals surface area contributed by atoms with Crippen LogP contribution in [-0.4, -0.2) is 58.7 Å². The fourth-order valence-electron chi connectivity index (χ4n) is 2.94. The summed E-state index contributed by atoms with van der Waals surface area (Å²) in [7, 11) is 1.49. The Labute approximate surface area is 135 Å². The van der Waals surface area contributed by atoms with Crippen LogP contribution in [0.25, 0.3) is 0 Å². The van der Waals surface area contributed by atoms with E-state index in [9.17, 15) is 9.59 Å². The zero-order valence-electron chi connectivity index (χ0n) is 13.5. The molecule has 1 aromatic rings. The lowest BCUT2D eigenvalue weighted by Crippen LogP contribution is -2.40. The molecule has 3 rings (SSSR count). The smallest absolute Gasteiger partial charge is 0.321 e. The lowest BCUT2D eigenvalue weighted by Gasteiger charge is -2.30. The minimum absolute atomic E-state index is 0.240. The Morgan fingerprint density at radius 2 is 1.96 bits per heavy atom. The van der Waals surface area contributed by atoms with Crippen LogP contribution >= 0.6 is 0 Å². The van der Waals surface area contributed by atoms with Crippen LogP contribution in [0.4, 0.5) is 4.79 Å². The van der Waals surface area contributed by atoms with Gasteiger partial charge in [-0.1, -0.05) is 0 Å². The number of aromatic nitrogens is 3. The normalized spacial score (nSPS) is 19.5. The third-order valence-corrected chi connectivity index (χ3v) is 4.57. The summed E-state index contributed by atoms with van der Waals surface area (Å²) >= 11 is 0. The molecule has 0 atom stereocenters. The molecule has 23 heavy (non-hydrogen) atoms. The summed E-state index contributed by atoms with van der Waals surface area (Å²) in [5.41, 5.74) is 0. The topological polar surface area (TPSA) is 103 Å². The molecule has 1 aromatic heterocycles. The average molecular weight is 320 g/mol. The van der Waals surface area contributed by atoms with Gasteiger partial charge in [0.15, 0.2) is 5.82 Å². The number of carbonyl (C=O) groups excluding carboxylic acids is 2. The number of rotatable bonds is 5. The van der Waals surface area contributed by atoms with Crippen molar-refractivity contribution in [3.8, 4) is 0 Å². The Balaban J connectivity index is 1.39. The van der Waals surface area contributed by atoms with E-state index in [0.717, 1.165) is 37.6 Å². The van der Waals surface area contributed by atoms with Gasteiger partial charge < -0.3 is 10.2 Å². The third kappa shape index (κ3) is 4.28. The predicted molar refractivity (Wildman–Crippen MR) is 84.0 cm³/mol. The molecule has 2 heterocycles. The fourth-order valence-corrected chi connectivity index (χ4v) is 2.94. The lowest BCUT2D eigenvalue weighted by molar-refractivity contribution is -0.120. The Bertz CT molecular complexity index is 560. The highest BCUT2D eigenvalue weighted by Gasteiger charge is 2.30. The number of hydrogen-bond acceptors (Lipinski definition) is 5. The van der Waals surface area contributed by atoms with Crippen molar-refractivity contribution in [2.45, 2.75) is 43.9 Å². The highest BCUT2D eigenvalue weighted by molar-refractivity contribution is 5.94. The molecule has 2 aliphatic rings. The maximum absolute atomic E-state index is 11.6. The Kier molecular flexibility index (Phi) is 4.90. The molecule has 1 aliphatic carbocycles. The Morgan fingerprint density at radius 1 is 1.22 bits per heavy atom. The van der Waals surface area contributed by atoms with E-state index in [2.05, 4.69) is 30.7 Å². The summed E-state index contributed by atoms with van der Waals surface area (Å²) in [6.07, 6.45) is 4.82. The lowest BCUT2D eigenvalue weighted by atomic mass is 9.96. The maximum Gasteiger partial charge on any atom is 0.321 e. The molecule has 8 heteroatoms. The van der Waals surface area contributed by atoms with Gasteiger partial charge in [-0.2, -0.15) is 5.10 Å². The molecule has 126 valence electrons. The molecular weight excluding hydrogens is 296 g/mol. The maximum atomic E-state index is 11.6. The number of nitrogens with one attached hydrogen (secondary N) is 3. The molecule has 3 N–H and O–H groups in total. The van der Waals surface area contributed by atoms with Gasteiger partial charge in [-0.3, -0.25) is 15.2 Å². The standard InChI is InChI=1S/C15H24N6O2/c1-16-15(23)17-12(22)6-9-21-7-4-11(5-8-21)14-18-13(19-20-14)10-2-3-10/h10-11H,2-9H2,1H3,(H,18,19,20)(H2,16,17,22,23). The second kappa shape index (κ2) is 7.08. The van der Waals surface area contributed by atoms with Crippen molar-refractivity contribution in [1.29, 1.82) is 0 Å². The first kappa shape index (κ1) is 15.9. The molecule has 8 nitrogen and oxygen atoms in total. The van der Waals surface area contributed by atoms with Gasteiger partial charge in [0.05, 0.1) is 0 Å². The first-order valence-corrected chi connectivity index (χ1v) is 8.32. The van der Waals surface area contributed by atoms with Gasteiger partial charge in [0.25, 0.3) is 0 Å². The molecule has 0 spiro atoms. The van der Waals surface area contributed by atoms with Crippen molar-refractivity contribution < 1.29 is 9.59 Å². The molecule has 2 fully saturated rings. The first-order chi connectivity index (χ1) is 11.2. The van der Waals surface area contributed by atoms with Crippen molar-refractivity contribution in [1.82, 2.24) is 30.7 Å². The van der Waals surface area contributed by atoms with E-state index < -0.39 is 6.03 Å². The molecule has 3 amide bonds. The largest absolute Gasteiger partial charge is 0.341 e. The number of urea groups is 1. The van der Waals surface area contributed by atoms with Gasteiger partial charge >= 0.3 is 6.03 Å². The van der Waals surface area contributed by atoms with Gasteiger partial charge in [0.2, 0.25) is 5.91 Å². The SMILES string of the molecule is CNC(=O)NC(=O)CCN1CCC(c2nc(C3CC3)n[nH]2)CC1. The van der Waals surface area contributed by atoms with Crippen LogP contribution in [0.5, 0.6) is 0 Å². The van der Waals surface area contributed by atoms with Crippen LogP contribution < -0.4 is 10.6 Å². The van der Waals surface area contributed by atoms with Crippen molar-refractivity contribution in [3.05, 3.63) is 11.6 Å². The highest BCUT2D eigenvalue weighted by Crippen LogP contribution is 2.38. The van der Waals surface area contributed by atoms with Gasteiger partial charge in [-0.15, -0.1) is 0 Å². The van der Waals surface area contributed by atoms with Gasteiger partial charge in [-0.25, -0.2) is 9.78 Å². The van der Waals surface area contributed by atoms with E-state index in [4.69, 9.17) is 0 Å². The van der Waals surface area contributed by atoms with Crippen LogP contribution in [0, 0.1) is 0 Å². The van der Waals surface area contributed by atoms with Crippen LogP contribution in [0.3, 0.4) is 0 Å². The van der Waals surface area contributed by atoms with Crippen LogP contribution in [0.15, 0.2) is 0 Å². The van der Waals surface area contributed by atoms with Crippen molar-refractivity contribution in [2.75, 3.05) is 26.7 Å². The Hall–Kier alpha value is -1.96.